The van der Waals surface area contributed by atoms with E-state index in [1.807, 2.05) is 31.3 Å². The minimum Gasteiger partial charge on any atom is -0.360 e. The van der Waals surface area contributed by atoms with Gasteiger partial charge in [0, 0.05) is 18.3 Å². The maximum Gasteiger partial charge on any atom is 0.129 e. The quantitative estimate of drug-likeness (QED) is 0.864. The molecule has 0 amide bonds. The number of aromatic nitrogens is 3. The van der Waals surface area contributed by atoms with Crippen molar-refractivity contribution in [1.82, 2.24) is 20.3 Å². The van der Waals surface area contributed by atoms with Crippen LogP contribution in [0.25, 0.3) is 11.4 Å². The molecule has 4 nitrogen and oxygen atoms in total. The summed E-state index contributed by atoms with van der Waals surface area (Å²) in [6, 6.07) is 6.07. The van der Waals surface area contributed by atoms with Gasteiger partial charge in [0.2, 0.25) is 0 Å². The third-order valence-electron chi connectivity index (χ3n) is 3.41. The Bertz CT molecular complexity index is 513. The van der Waals surface area contributed by atoms with Crippen molar-refractivity contribution in [1.29, 1.82) is 0 Å². The maximum absolute atomic E-state index is 4.67. The molecule has 94 valence electrons. The van der Waals surface area contributed by atoms with E-state index in [4.69, 9.17) is 0 Å². The van der Waals surface area contributed by atoms with Crippen LogP contribution in [0.1, 0.15) is 17.9 Å². The molecular formula is C14H18N4. The van der Waals surface area contributed by atoms with Gasteiger partial charge < -0.3 is 10.3 Å². The van der Waals surface area contributed by atoms with Crippen LogP contribution in [0.5, 0.6) is 0 Å². The first-order valence-electron chi connectivity index (χ1n) is 6.50. The van der Waals surface area contributed by atoms with E-state index in [2.05, 4.69) is 20.3 Å². The molecule has 18 heavy (non-hydrogen) atoms. The Kier molecular flexibility index (Phi) is 3.11. The van der Waals surface area contributed by atoms with Gasteiger partial charge in [-0.25, -0.2) is 9.97 Å². The molecule has 1 unspecified atom stereocenters. The fraction of sp³-hybridized carbons (Fsp3) is 0.429. The molecule has 0 radical (unpaired) electrons. The second-order valence-electron chi connectivity index (χ2n) is 4.96. The van der Waals surface area contributed by atoms with Gasteiger partial charge in [0.15, 0.2) is 0 Å². The molecule has 4 heteroatoms. The van der Waals surface area contributed by atoms with E-state index < -0.39 is 0 Å². The van der Waals surface area contributed by atoms with Crippen LogP contribution < -0.4 is 5.32 Å². The standard InChI is InChI=1S/C14H18N4/c1-10-7-13(12-3-2-5-16-12)18-14(17-10)8-11-4-6-15-9-11/h2-3,5,7,11,15-16H,4,6,8-9H2,1H3. The van der Waals surface area contributed by atoms with E-state index in [1.165, 1.54) is 6.42 Å². The molecule has 1 atom stereocenters. The number of nitrogens with one attached hydrogen (secondary N) is 2. The summed E-state index contributed by atoms with van der Waals surface area (Å²) in [7, 11) is 0. The lowest BCUT2D eigenvalue weighted by molar-refractivity contribution is 0.560. The largest absolute Gasteiger partial charge is 0.360 e. The molecular weight excluding hydrogens is 224 g/mol. The predicted molar refractivity (Wildman–Crippen MR) is 71.2 cm³/mol. The van der Waals surface area contributed by atoms with Gasteiger partial charge in [-0.05, 0) is 50.6 Å². The summed E-state index contributed by atoms with van der Waals surface area (Å²) < 4.78 is 0. The van der Waals surface area contributed by atoms with Crippen molar-refractivity contribution >= 4 is 0 Å². The summed E-state index contributed by atoms with van der Waals surface area (Å²) in [5.41, 5.74) is 3.09. The van der Waals surface area contributed by atoms with Crippen molar-refractivity contribution in [3.05, 3.63) is 35.9 Å². The summed E-state index contributed by atoms with van der Waals surface area (Å²) in [6.45, 7) is 4.25. The van der Waals surface area contributed by atoms with Gasteiger partial charge >= 0.3 is 0 Å². The Balaban J connectivity index is 1.86. The fourth-order valence-corrected chi connectivity index (χ4v) is 2.50. The van der Waals surface area contributed by atoms with Crippen molar-refractivity contribution in [3.63, 3.8) is 0 Å². The van der Waals surface area contributed by atoms with Crippen molar-refractivity contribution in [2.75, 3.05) is 13.1 Å². The smallest absolute Gasteiger partial charge is 0.129 e. The second kappa shape index (κ2) is 4.90. The highest BCUT2D eigenvalue weighted by Gasteiger charge is 2.17. The molecule has 0 aliphatic carbocycles. The molecule has 2 aromatic heterocycles. The minimum atomic E-state index is 0.684. The Hall–Kier alpha value is -1.68. The van der Waals surface area contributed by atoms with Gasteiger partial charge in [0.25, 0.3) is 0 Å². The lowest BCUT2D eigenvalue weighted by atomic mass is 10.0. The van der Waals surface area contributed by atoms with Gasteiger partial charge in [0.05, 0.1) is 11.4 Å². The molecule has 1 saturated heterocycles. The molecule has 2 aromatic rings. The Morgan fingerprint density at radius 1 is 1.39 bits per heavy atom. The molecule has 1 fully saturated rings. The average molecular weight is 242 g/mol. The van der Waals surface area contributed by atoms with E-state index in [-0.39, 0.29) is 0 Å². The summed E-state index contributed by atoms with van der Waals surface area (Å²) >= 11 is 0. The van der Waals surface area contributed by atoms with E-state index >= 15 is 0 Å². The summed E-state index contributed by atoms with van der Waals surface area (Å²) in [5.74, 6) is 1.65. The summed E-state index contributed by atoms with van der Waals surface area (Å²) in [5, 5.41) is 3.39. The molecule has 0 aromatic carbocycles. The third kappa shape index (κ3) is 2.43. The van der Waals surface area contributed by atoms with Crippen LogP contribution in [0.3, 0.4) is 0 Å². The fourth-order valence-electron chi connectivity index (χ4n) is 2.50. The van der Waals surface area contributed by atoms with Crippen LogP contribution in [0.15, 0.2) is 24.4 Å². The highest BCUT2D eigenvalue weighted by Crippen LogP contribution is 2.18. The van der Waals surface area contributed by atoms with Crippen molar-refractivity contribution in [2.24, 2.45) is 5.92 Å². The topological polar surface area (TPSA) is 53.6 Å². The Morgan fingerprint density at radius 2 is 2.33 bits per heavy atom. The van der Waals surface area contributed by atoms with Crippen molar-refractivity contribution < 1.29 is 0 Å². The van der Waals surface area contributed by atoms with Crippen LogP contribution in [-0.2, 0) is 6.42 Å². The van der Waals surface area contributed by atoms with Gasteiger partial charge in [-0.15, -0.1) is 0 Å². The Labute approximate surface area is 107 Å². The lowest BCUT2D eigenvalue weighted by Crippen LogP contribution is -2.12. The number of nitrogens with zero attached hydrogens (tertiary/aromatic N) is 2. The van der Waals surface area contributed by atoms with E-state index in [0.29, 0.717) is 5.92 Å². The molecule has 3 heterocycles. The molecule has 0 saturated carbocycles. The van der Waals surface area contributed by atoms with E-state index in [1.54, 1.807) is 0 Å². The lowest BCUT2D eigenvalue weighted by Gasteiger charge is -2.09. The van der Waals surface area contributed by atoms with Gasteiger partial charge in [-0.2, -0.15) is 0 Å². The number of rotatable bonds is 3. The highest BCUT2D eigenvalue weighted by atomic mass is 14.9. The zero-order chi connectivity index (χ0) is 12.4. The third-order valence-corrected chi connectivity index (χ3v) is 3.41. The van der Waals surface area contributed by atoms with E-state index in [9.17, 15) is 0 Å². The molecule has 0 bridgehead atoms. The van der Waals surface area contributed by atoms with Gasteiger partial charge in [0.1, 0.15) is 5.82 Å². The average Bonchev–Trinajstić information content (AvgIpc) is 3.00. The van der Waals surface area contributed by atoms with Gasteiger partial charge in [-0.3, -0.25) is 0 Å². The maximum atomic E-state index is 4.67. The zero-order valence-electron chi connectivity index (χ0n) is 10.6. The van der Waals surface area contributed by atoms with Crippen LogP contribution in [-0.4, -0.2) is 28.0 Å². The monoisotopic (exact) mass is 242 g/mol. The van der Waals surface area contributed by atoms with Gasteiger partial charge in [-0.1, -0.05) is 0 Å². The number of aryl methyl sites for hydroxylation is 1. The zero-order valence-corrected chi connectivity index (χ0v) is 10.6. The number of H-pyrrole nitrogens is 1. The van der Waals surface area contributed by atoms with Crippen LogP contribution in [0.2, 0.25) is 0 Å². The molecule has 3 rings (SSSR count). The predicted octanol–water partition coefficient (Wildman–Crippen LogP) is 1.93. The first-order chi connectivity index (χ1) is 8.81. The van der Waals surface area contributed by atoms with Crippen molar-refractivity contribution in [2.45, 2.75) is 19.8 Å². The van der Waals surface area contributed by atoms with E-state index in [0.717, 1.165) is 42.4 Å². The van der Waals surface area contributed by atoms with Crippen LogP contribution in [0.4, 0.5) is 0 Å². The van der Waals surface area contributed by atoms with Crippen molar-refractivity contribution in [3.8, 4) is 11.4 Å². The summed E-state index contributed by atoms with van der Waals surface area (Å²) in [6.07, 6.45) is 4.13. The van der Waals surface area contributed by atoms with Crippen LogP contribution in [0, 0.1) is 12.8 Å². The Morgan fingerprint density at radius 3 is 3.06 bits per heavy atom. The van der Waals surface area contributed by atoms with Crippen LogP contribution >= 0.6 is 0 Å². The minimum absolute atomic E-state index is 0.684. The first kappa shape index (κ1) is 11.4. The molecule has 0 spiro atoms. The molecule has 2 N–H and O–H groups in total. The SMILES string of the molecule is Cc1cc(-c2ccc[nH]2)nc(CC2CCNC2)n1. The number of hydrogen-bond acceptors (Lipinski definition) is 3. The number of aromatic amines is 1. The summed E-state index contributed by atoms with van der Waals surface area (Å²) in [4.78, 5) is 12.4. The number of hydrogen-bond donors (Lipinski definition) is 2. The normalized spacial score (nSPS) is 19.3. The highest BCUT2D eigenvalue weighted by molar-refractivity contribution is 5.54. The molecule has 1 aliphatic rings. The first-order valence-corrected chi connectivity index (χ1v) is 6.50. The molecule has 1 aliphatic heterocycles. The second-order valence-corrected chi connectivity index (χ2v) is 4.96.